The lowest BCUT2D eigenvalue weighted by Crippen LogP contribution is -2.48. The van der Waals surface area contributed by atoms with Crippen LogP contribution in [0.5, 0.6) is 0 Å². The van der Waals surface area contributed by atoms with E-state index in [0.717, 1.165) is 42.4 Å². The molecule has 3 atom stereocenters. The van der Waals surface area contributed by atoms with Crippen LogP contribution in [0.3, 0.4) is 0 Å². The Bertz CT molecular complexity index is 3720. The van der Waals surface area contributed by atoms with E-state index in [1.54, 1.807) is 52.0 Å². The molecular formula is C76H114N4O17S3. The van der Waals surface area contributed by atoms with E-state index in [4.69, 9.17) is 28.9 Å². The van der Waals surface area contributed by atoms with Gasteiger partial charge in [0.2, 0.25) is 23.6 Å². The Labute approximate surface area is 597 Å². The molecule has 0 heterocycles. The summed E-state index contributed by atoms with van der Waals surface area (Å²) in [5.41, 5.74) is 19.0. The molecule has 0 spiro atoms. The number of allylic oxidation sites excluding steroid dienone is 27. The predicted octanol–water partition coefficient (Wildman–Crippen LogP) is 13.5. The molecule has 0 saturated heterocycles. The highest BCUT2D eigenvalue weighted by molar-refractivity contribution is 7.86. The molecule has 3 rings (SSSR count). The van der Waals surface area contributed by atoms with Gasteiger partial charge in [-0.3, -0.25) is 32.8 Å². The highest BCUT2D eigenvalue weighted by Gasteiger charge is 2.31. The van der Waals surface area contributed by atoms with Crippen LogP contribution in [-0.2, 0) is 68.6 Å². The molecule has 0 aromatic carbocycles. The zero-order valence-corrected chi connectivity index (χ0v) is 64.5. The van der Waals surface area contributed by atoms with Gasteiger partial charge in [0.15, 0.2) is 0 Å². The fourth-order valence-corrected chi connectivity index (χ4v) is 13.1. The molecule has 0 fully saturated rings. The Morgan fingerprint density at radius 1 is 0.450 bits per heavy atom. The van der Waals surface area contributed by atoms with Crippen LogP contribution in [0, 0.1) is 16.2 Å². The molecule has 558 valence electrons. The van der Waals surface area contributed by atoms with E-state index in [9.17, 15) is 54.0 Å². The minimum Gasteiger partial charge on any atom is -0.464 e. The van der Waals surface area contributed by atoms with E-state index in [-0.39, 0.29) is 29.5 Å². The third kappa shape index (κ3) is 39.0. The zero-order valence-electron chi connectivity index (χ0n) is 62.0. The fourth-order valence-electron chi connectivity index (χ4n) is 11.2. The lowest BCUT2D eigenvalue weighted by Gasteiger charge is -2.33. The van der Waals surface area contributed by atoms with Gasteiger partial charge in [0.25, 0.3) is 30.4 Å². The number of amides is 4. The Morgan fingerprint density at radius 2 is 0.730 bits per heavy atom. The van der Waals surface area contributed by atoms with Gasteiger partial charge in [-0.2, -0.15) is 25.3 Å². The molecule has 100 heavy (non-hydrogen) atoms. The van der Waals surface area contributed by atoms with Crippen molar-refractivity contribution in [2.45, 2.75) is 213 Å². The van der Waals surface area contributed by atoms with Crippen LogP contribution >= 0.6 is 0 Å². The van der Waals surface area contributed by atoms with Gasteiger partial charge < -0.3 is 31.2 Å². The van der Waals surface area contributed by atoms with Crippen molar-refractivity contribution in [3.63, 3.8) is 0 Å². The number of hydrogen-bond acceptors (Lipinski definition) is 14. The summed E-state index contributed by atoms with van der Waals surface area (Å²) >= 11 is 0. The highest BCUT2D eigenvalue weighted by atomic mass is 32.2. The molecular weight excluding hydrogens is 1340 g/mol. The summed E-state index contributed by atoms with van der Waals surface area (Å²) in [5.74, 6) is -7.74. The summed E-state index contributed by atoms with van der Waals surface area (Å²) in [6.07, 6.45) is 45.5. The second kappa shape index (κ2) is 43.5. The SMILES string of the molecule is CC1=C(/C=C/C(C)=C/C=C/C(C)=C\C(=O)N[C@@H](CS(=O)(=O)O)C(N)=O)C(C)(C)CCC1.CCCCOC(=O)[C@H](CS(=O)(=O)O)NC(=O)\C=C(C)/C=C/C=C(C)/C=C/C1=C(C)CCCC1(C)C.CCCOC(=O)[C@H](CS(=O)(=O)O)NC(=O)\C=C(C)/C=C/C=C(C)/C=C/C1=C(C)CCCC1(C)C. The molecule has 0 aromatic heterocycles. The molecule has 0 aromatic rings. The van der Waals surface area contributed by atoms with Crippen LogP contribution in [0.15, 0.2) is 176 Å². The van der Waals surface area contributed by atoms with Gasteiger partial charge in [-0.1, -0.05) is 186 Å². The van der Waals surface area contributed by atoms with Crippen molar-refractivity contribution in [2.75, 3.05) is 30.5 Å². The number of carbonyl (C=O) groups excluding carboxylic acids is 6. The van der Waals surface area contributed by atoms with Crippen molar-refractivity contribution in [3.8, 4) is 0 Å². The van der Waals surface area contributed by atoms with E-state index in [0.29, 0.717) is 29.6 Å². The lowest BCUT2D eigenvalue weighted by molar-refractivity contribution is -0.147. The number of rotatable bonds is 32. The number of carbonyl (C=O) groups is 6. The topological polar surface area (TPSA) is 346 Å². The number of hydrogen-bond donors (Lipinski definition) is 7. The predicted molar refractivity (Wildman–Crippen MR) is 400 cm³/mol. The third-order valence-electron chi connectivity index (χ3n) is 16.6. The number of esters is 2. The summed E-state index contributed by atoms with van der Waals surface area (Å²) in [6.45, 7) is 35.2. The first-order valence-corrected chi connectivity index (χ1v) is 38.7. The van der Waals surface area contributed by atoms with Crippen molar-refractivity contribution in [2.24, 2.45) is 22.0 Å². The molecule has 0 unspecified atom stereocenters. The number of unbranched alkanes of at least 4 members (excludes halogenated alkanes) is 1. The average Bonchev–Trinajstić information content (AvgIpc) is 0.832. The minimum atomic E-state index is -4.49. The first kappa shape index (κ1) is 90.7. The molecule has 4 amide bonds. The average molecular weight is 1450 g/mol. The summed E-state index contributed by atoms with van der Waals surface area (Å²) in [7, 11) is -13.4. The monoisotopic (exact) mass is 1450 g/mol. The molecule has 0 saturated carbocycles. The summed E-state index contributed by atoms with van der Waals surface area (Å²) in [5, 5.41) is 6.77. The van der Waals surface area contributed by atoms with Crippen molar-refractivity contribution in [1.29, 1.82) is 0 Å². The fraction of sp³-hybridized carbons (Fsp3) is 0.526. The Morgan fingerprint density at radius 3 is 0.990 bits per heavy atom. The molecule has 0 aliphatic heterocycles. The maximum absolute atomic E-state index is 12.3. The van der Waals surface area contributed by atoms with E-state index in [1.807, 2.05) is 58.1 Å². The smallest absolute Gasteiger partial charge is 0.329 e. The highest BCUT2D eigenvalue weighted by Crippen LogP contribution is 2.43. The molecule has 21 nitrogen and oxygen atoms in total. The largest absolute Gasteiger partial charge is 0.464 e. The molecule has 24 heteroatoms. The molecule has 3 aliphatic rings. The van der Waals surface area contributed by atoms with Crippen molar-refractivity contribution in [1.82, 2.24) is 16.0 Å². The van der Waals surface area contributed by atoms with Crippen LogP contribution in [0.2, 0.25) is 0 Å². The summed E-state index contributed by atoms with van der Waals surface area (Å²) in [4.78, 5) is 72.0. The van der Waals surface area contributed by atoms with Gasteiger partial charge >= 0.3 is 11.9 Å². The number of nitrogens with two attached hydrogens (primary N) is 1. The second-order valence-corrected chi connectivity index (χ2v) is 32.3. The molecule has 3 aliphatic carbocycles. The van der Waals surface area contributed by atoms with Gasteiger partial charge in [0.1, 0.15) is 35.4 Å². The van der Waals surface area contributed by atoms with E-state index < -0.39 is 101 Å². The van der Waals surface area contributed by atoms with E-state index in [2.05, 4.69) is 115 Å². The first-order valence-electron chi connectivity index (χ1n) is 33.9. The Hall–Kier alpha value is -7.35. The quantitative estimate of drug-likeness (QED) is 0.0108. The third-order valence-corrected chi connectivity index (χ3v) is 18.8. The van der Waals surface area contributed by atoms with Gasteiger partial charge in [-0.15, -0.1) is 0 Å². The van der Waals surface area contributed by atoms with Gasteiger partial charge in [-0.05, 0) is 183 Å². The first-order chi connectivity index (χ1) is 46.2. The van der Waals surface area contributed by atoms with Gasteiger partial charge in [0.05, 0.1) is 13.2 Å². The Kier molecular flexibility index (Phi) is 39.4. The van der Waals surface area contributed by atoms with Gasteiger partial charge in [-0.25, -0.2) is 9.59 Å². The maximum atomic E-state index is 12.3. The van der Waals surface area contributed by atoms with Crippen LogP contribution < -0.4 is 21.7 Å². The van der Waals surface area contributed by atoms with Crippen molar-refractivity contribution >= 4 is 65.9 Å². The maximum Gasteiger partial charge on any atom is 0.329 e. The minimum absolute atomic E-state index is 0.0861. The Balaban J connectivity index is 0.000000751. The normalized spacial score (nSPS) is 18.6. The van der Waals surface area contributed by atoms with Crippen LogP contribution in [0.1, 0.15) is 195 Å². The van der Waals surface area contributed by atoms with E-state index in [1.165, 1.54) is 90.2 Å². The molecule has 8 N–H and O–H groups in total. The number of ether oxygens (including phenoxy) is 2. The zero-order chi connectivity index (χ0) is 76.4. The van der Waals surface area contributed by atoms with Crippen LogP contribution in [0.25, 0.3) is 0 Å². The lowest BCUT2D eigenvalue weighted by atomic mass is 9.72. The van der Waals surface area contributed by atoms with Crippen molar-refractivity contribution < 1.29 is 77.2 Å². The number of nitrogens with one attached hydrogen (secondary N) is 3. The van der Waals surface area contributed by atoms with Crippen LogP contribution in [0.4, 0.5) is 0 Å². The second-order valence-electron chi connectivity index (χ2n) is 27.8. The summed E-state index contributed by atoms with van der Waals surface area (Å²) < 4.78 is 104. The molecule has 0 bridgehead atoms. The van der Waals surface area contributed by atoms with E-state index >= 15 is 0 Å². The standard InChI is InChI=1S/C27H41NO6S.C26H39NO6S.C23H34N2O5S/c1-7-8-17-34-26(30)24(19-35(31,32)33)28-25(29)18-21(3)12-9-11-20(2)14-15-23-22(4)13-10-16-27(23,5)6;1-7-16-33-25(29)23(18-34(30,31)32)27-24(28)17-20(3)11-8-10-19(2)13-14-22-21(4)12-9-15-26(22,5)6;1-16(11-12-19-18(3)10-7-13-23(19,4)5)8-6-9-17(2)14-21(26)25-20(22(24)27)15-31(28,29)30/h9,11-12,14-15,18,24H,7-8,10,13,16-17,19H2,1-6H3,(H,28,29)(H,31,32,33);8,10-11,13-14,17,23H,7,9,12,15-16,18H2,1-6H3,(H,27,28)(H,30,31,32);6,8-9,11-12,14,20H,7,10,13,15H2,1-5H3,(H2,24,27)(H,25,26)(H,28,29,30)/b12-9+,15-14+,20-11+,21-18-;11-8+,14-13+,19-10+,20-17-;9-6+,12-11+,16-8+,17-14-/t24-;23-;20-/m000/s1. The molecule has 0 radical (unpaired) electrons. The summed E-state index contributed by atoms with van der Waals surface area (Å²) in [6, 6.07) is -4.49. The number of primary amides is 1. The van der Waals surface area contributed by atoms with Crippen molar-refractivity contribution in [3.05, 3.63) is 176 Å². The van der Waals surface area contributed by atoms with Gasteiger partial charge in [0, 0.05) is 18.2 Å². The van der Waals surface area contributed by atoms with Crippen LogP contribution in [-0.4, -0.2) is 123 Å².